The summed E-state index contributed by atoms with van der Waals surface area (Å²) >= 11 is 0. The molecule has 0 atom stereocenters. The highest BCUT2D eigenvalue weighted by molar-refractivity contribution is 5.90. The Labute approximate surface area is 114 Å². The van der Waals surface area contributed by atoms with Crippen LogP contribution in [0.1, 0.15) is 38.5 Å². The second-order valence-electron chi connectivity index (χ2n) is 5.49. The van der Waals surface area contributed by atoms with E-state index in [0.29, 0.717) is 0 Å². The number of anilines is 1. The van der Waals surface area contributed by atoms with Gasteiger partial charge in [0.2, 0.25) is 0 Å². The quantitative estimate of drug-likeness (QED) is 0.897. The van der Waals surface area contributed by atoms with Crippen molar-refractivity contribution in [1.29, 1.82) is 0 Å². The maximum atomic E-state index is 4.15. The summed E-state index contributed by atoms with van der Waals surface area (Å²) in [5.74, 6) is 0.919. The van der Waals surface area contributed by atoms with Crippen molar-refractivity contribution in [3.8, 4) is 0 Å². The van der Waals surface area contributed by atoms with Crippen LogP contribution in [0.2, 0.25) is 0 Å². The number of hydrogen-bond donors (Lipinski definition) is 1. The van der Waals surface area contributed by atoms with E-state index >= 15 is 0 Å². The van der Waals surface area contributed by atoms with Crippen LogP contribution in [0.25, 0.3) is 10.9 Å². The predicted octanol–water partition coefficient (Wildman–Crippen LogP) is 4.01. The monoisotopic (exact) mass is 255 g/mol. The summed E-state index contributed by atoms with van der Waals surface area (Å²) in [5, 5.41) is 12.9. The van der Waals surface area contributed by atoms with E-state index in [2.05, 4.69) is 27.6 Å². The fraction of sp³-hybridized carbons (Fsp3) is 0.500. The molecular formula is C16H21N3. The number of hydrogen-bond acceptors (Lipinski definition) is 3. The molecule has 0 bridgehead atoms. The number of aromatic nitrogens is 2. The molecule has 0 saturated heterocycles. The van der Waals surface area contributed by atoms with E-state index in [9.17, 15) is 0 Å². The zero-order valence-corrected chi connectivity index (χ0v) is 11.3. The minimum Gasteiger partial charge on any atom is -0.383 e. The van der Waals surface area contributed by atoms with E-state index in [1.54, 1.807) is 0 Å². The standard InChI is InChI=1S/C16H21N3/c1-2-6-13(7-3-1)10-11-17-16-12-18-19-15-9-5-4-8-14(15)16/h4-5,8-9,12-13H,1-3,6-7,10-11H2,(H,17,19). The van der Waals surface area contributed by atoms with E-state index in [-0.39, 0.29) is 0 Å². The number of benzene rings is 1. The van der Waals surface area contributed by atoms with Gasteiger partial charge < -0.3 is 5.32 Å². The normalized spacial score (nSPS) is 16.6. The summed E-state index contributed by atoms with van der Waals surface area (Å²) in [6.45, 7) is 1.04. The van der Waals surface area contributed by atoms with Gasteiger partial charge in [0.05, 0.1) is 17.4 Å². The number of nitrogens with zero attached hydrogens (tertiary/aromatic N) is 2. The molecule has 1 heterocycles. The number of nitrogens with one attached hydrogen (secondary N) is 1. The number of rotatable bonds is 4. The molecule has 1 N–H and O–H groups in total. The van der Waals surface area contributed by atoms with Crippen LogP contribution in [0.15, 0.2) is 30.5 Å². The average molecular weight is 255 g/mol. The van der Waals surface area contributed by atoms with Gasteiger partial charge in [0, 0.05) is 11.9 Å². The lowest BCUT2D eigenvalue weighted by molar-refractivity contribution is 0.345. The molecule has 0 spiro atoms. The molecule has 0 radical (unpaired) electrons. The molecule has 0 amide bonds. The van der Waals surface area contributed by atoms with Crippen molar-refractivity contribution in [3.05, 3.63) is 30.5 Å². The fourth-order valence-corrected chi connectivity index (χ4v) is 3.03. The lowest BCUT2D eigenvalue weighted by Gasteiger charge is -2.21. The van der Waals surface area contributed by atoms with Gasteiger partial charge in [-0.3, -0.25) is 0 Å². The summed E-state index contributed by atoms with van der Waals surface area (Å²) in [6, 6.07) is 8.17. The van der Waals surface area contributed by atoms with Gasteiger partial charge >= 0.3 is 0 Å². The van der Waals surface area contributed by atoms with Crippen LogP contribution in [-0.2, 0) is 0 Å². The maximum absolute atomic E-state index is 4.15. The molecular weight excluding hydrogens is 234 g/mol. The summed E-state index contributed by atoms with van der Waals surface area (Å²) in [6.07, 6.45) is 10.2. The molecule has 19 heavy (non-hydrogen) atoms. The summed E-state index contributed by atoms with van der Waals surface area (Å²) in [5.41, 5.74) is 2.08. The number of fused-ring (bicyclic) bond motifs is 1. The molecule has 3 heteroatoms. The van der Waals surface area contributed by atoms with E-state index in [1.165, 1.54) is 43.9 Å². The van der Waals surface area contributed by atoms with Crippen molar-refractivity contribution in [2.24, 2.45) is 5.92 Å². The summed E-state index contributed by atoms with van der Waals surface area (Å²) in [4.78, 5) is 0. The third kappa shape index (κ3) is 3.03. The first kappa shape index (κ1) is 12.4. The molecule has 1 aromatic heterocycles. The summed E-state index contributed by atoms with van der Waals surface area (Å²) in [7, 11) is 0. The highest BCUT2D eigenvalue weighted by atomic mass is 15.1. The Bertz CT molecular complexity index is 527. The summed E-state index contributed by atoms with van der Waals surface area (Å²) < 4.78 is 0. The Morgan fingerprint density at radius 1 is 1.11 bits per heavy atom. The highest BCUT2D eigenvalue weighted by Gasteiger charge is 2.12. The zero-order chi connectivity index (χ0) is 12.9. The molecule has 0 aliphatic heterocycles. The molecule has 3 rings (SSSR count). The van der Waals surface area contributed by atoms with Crippen molar-refractivity contribution >= 4 is 16.6 Å². The second-order valence-corrected chi connectivity index (χ2v) is 5.49. The van der Waals surface area contributed by atoms with Crippen LogP contribution in [0.3, 0.4) is 0 Å². The molecule has 100 valence electrons. The van der Waals surface area contributed by atoms with Crippen molar-refractivity contribution in [2.75, 3.05) is 11.9 Å². The van der Waals surface area contributed by atoms with E-state index in [1.807, 2.05) is 18.3 Å². The Balaban J connectivity index is 1.62. The van der Waals surface area contributed by atoms with Gasteiger partial charge in [-0.1, -0.05) is 50.3 Å². The first-order chi connectivity index (χ1) is 9.43. The van der Waals surface area contributed by atoms with Crippen LogP contribution < -0.4 is 5.32 Å². The van der Waals surface area contributed by atoms with Crippen LogP contribution in [-0.4, -0.2) is 16.7 Å². The highest BCUT2D eigenvalue weighted by Crippen LogP contribution is 2.26. The van der Waals surface area contributed by atoms with Crippen molar-refractivity contribution in [2.45, 2.75) is 38.5 Å². The Morgan fingerprint density at radius 3 is 2.84 bits per heavy atom. The minimum absolute atomic E-state index is 0.919. The van der Waals surface area contributed by atoms with Crippen LogP contribution in [0.4, 0.5) is 5.69 Å². The first-order valence-electron chi connectivity index (χ1n) is 7.38. The SMILES string of the molecule is c1ccc2c(NCCC3CCCCC3)cnnc2c1. The lowest BCUT2D eigenvalue weighted by Crippen LogP contribution is -2.12. The lowest BCUT2D eigenvalue weighted by atomic mass is 9.87. The molecule has 1 aromatic carbocycles. The second kappa shape index (κ2) is 6.00. The van der Waals surface area contributed by atoms with Gasteiger partial charge in [0.1, 0.15) is 0 Å². The molecule has 3 nitrogen and oxygen atoms in total. The van der Waals surface area contributed by atoms with Crippen molar-refractivity contribution in [3.63, 3.8) is 0 Å². The van der Waals surface area contributed by atoms with Gasteiger partial charge in [-0.05, 0) is 18.4 Å². The topological polar surface area (TPSA) is 37.8 Å². The largest absolute Gasteiger partial charge is 0.383 e. The van der Waals surface area contributed by atoms with Gasteiger partial charge in [-0.25, -0.2) is 0 Å². The molecule has 1 aliphatic carbocycles. The van der Waals surface area contributed by atoms with Gasteiger partial charge in [-0.15, -0.1) is 0 Å². The Kier molecular flexibility index (Phi) is 3.92. The Morgan fingerprint density at radius 2 is 1.95 bits per heavy atom. The third-order valence-electron chi connectivity index (χ3n) is 4.14. The Hall–Kier alpha value is -1.64. The van der Waals surface area contributed by atoms with Gasteiger partial charge in [0.15, 0.2) is 0 Å². The molecule has 1 fully saturated rings. The van der Waals surface area contributed by atoms with Crippen LogP contribution >= 0.6 is 0 Å². The van der Waals surface area contributed by atoms with Gasteiger partial charge in [0.25, 0.3) is 0 Å². The fourth-order valence-electron chi connectivity index (χ4n) is 3.03. The van der Waals surface area contributed by atoms with Gasteiger partial charge in [-0.2, -0.15) is 10.2 Å². The van der Waals surface area contributed by atoms with E-state index in [0.717, 1.165) is 23.7 Å². The smallest absolute Gasteiger partial charge is 0.0950 e. The van der Waals surface area contributed by atoms with E-state index in [4.69, 9.17) is 0 Å². The van der Waals surface area contributed by atoms with Crippen molar-refractivity contribution in [1.82, 2.24) is 10.2 Å². The average Bonchev–Trinajstić information content (AvgIpc) is 2.49. The van der Waals surface area contributed by atoms with E-state index < -0.39 is 0 Å². The van der Waals surface area contributed by atoms with Crippen molar-refractivity contribution < 1.29 is 0 Å². The molecule has 1 aliphatic rings. The third-order valence-corrected chi connectivity index (χ3v) is 4.14. The van der Waals surface area contributed by atoms with Crippen LogP contribution in [0.5, 0.6) is 0 Å². The predicted molar refractivity (Wildman–Crippen MR) is 79.2 cm³/mol. The molecule has 0 unspecified atom stereocenters. The maximum Gasteiger partial charge on any atom is 0.0950 e. The molecule has 2 aromatic rings. The van der Waals surface area contributed by atoms with Crippen LogP contribution in [0, 0.1) is 5.92 Å². The minimum atomic E-state index is 0.919. The zero-order valence-electron chi connectivity index (χ0n) is 11.3. The molecule has 1 saturated carbocycles. The first-order valence-corrected chi connectivity index (χ1v) is 7.38.